The summed E-state index contributed by atoms with van der Waals surface area (Å²) >= 11 is 0. The predicted molar refractivity (Wildman–Crippen MR) is 105 cm³/mol. The predicted octanol–water partition coefficient (Wildman–Crippen LogP) is 5.00. The van der Waals surface area contributed by atoms with Gasteiger partial charge in [0.2, 0.25) is 0 Å². The molecule has 0 aliphatic rings. The summed E-state index contributed by atoms with van der Waals surface area (Å²) in [6.07, 6.45) is -0.663. The lowest BCUT2D eigenvalue weighted by atomic mass is 10.1. The summed E-state index contributed by atoms with van der Waals surface area (Å²) in [5.74, 6) is 0.932. The Kier molecular flexibility index (Phi) is 4.42. The first-order valence-electron chi connectivity index (χ1n) is 8.67. The number of methoxy groups -OCH3 is 1. The number of furan rings is 1. The third-order valence-corrected chi connectivity index (χ3v) is 4.38. The summed E-state index contributed by atoms with van der Waals surface area (Å²) in [5, 5.41) is 4.81. The lowest BCUT2D eigenvalue weighted by Crippen LogP contribution is -2.30. The van der Waals surface area contributed by atoms with Crippen molar-refractivity contribution in [2.75, 3.05) is 12.4 Å². The molecule has 5 heteroatoms. The minimum Gasteiger partial charge on any atom is -0.495 e. The number of amides is 1. The molecular weight excluding hydrogens is 342 g/mol. The van der Waals surface area contributed by atoms with Crippen molar-refractivity contribution < 1.29 is 18.7 Å². The standard InChI is InChI=1S/C22H19NO4/c1-14(26-15-8-4-3-5-9-15)22(24)23-18-13-20-17(12-21(18)25-2)16-10-6-7-11-19(16)27-20/h3-14H,1-2H3,(H,23,24)/t14-/m0/s1. The normalized spacial score (nSPS) is 12.1. The Hall–Kier alpha value is -3.47. The van der Waals surface area contributed by atoms with Gasteiger partial charge in [-0.1, -0.05) is 36.4 Å². The third-order valence-electron chi connectivity index (χ3n) is 4.38. The quantitative estimate of drug-likeness (QED) is 0.543. The molecule has 136 valence electrons. The van der Waals surface area contributed by atoms with Crippen LogP contribution < -0.4 is 14.8 Å². The van der Waals surface area contributed by atoms with Gasteiger partial charge in [0.25, 0.3) is 5.91 Å². The molecule has 0 aliphatic carbocycles. The van der Waals surface area contributed by atoms with E-state index in [4.69, 9.17) is 13.9 Å². The fourth-order valence-electron chi connectivity index (χ4n) is 3.01. The second-order valence-corrected chi connectivity index (χ2v) is 6.21. The summed E-state index contributed by atoms with van der Waals surface area (Å²) in [6.45, 7) is 1.70. The molecule has 1 amide bonds. The van der Waals surface area contributed by atoms with E-state index in [1.807, 2.05) is 60.7 Å². The lowest BCUT2D eigenvalue weighted by Gasteiger charge is -2.16. The van der Waals surface area contributed by atoms with Crippen LogP contribution in [0.5, 0.6) is 11.5 Å². The van der Waals surface area contributed by atoms with Crippen molar-refractivity contribution in [3.63, 3.8) is 0 Å². The van der Waals surface area contributed by atoms with Crippen molar-refractivity contribution in [1.82, 2.24) is 0 Å². The number of anilines is 1. The molecule has 0 spiro atoms. The van der Waals surface area contributed by atoms with Crippen molar-refractivity contribution in [2.45, 2.75) is 13.0 Å². The number of fused-ring (bicyclic) bond motifs is 3. The SMILES string of the molecule is COc1cc2c(cc1NC(=O)[C@H](C)Oc1ccccc1)oc1ccccc12. The third kappa shape index (κ3) is 3.31. The number of hydrogen-bond donors (Lipinski definition) is 1. The molecule has 1 aromatic heterocycles. The molecule has 1 atom stereocenters. The molecule has 5 nitrogen and oxygen atoms in total. The van der Waals surface area contributed by atoms with Crippen LogP contribution in [-0.2, 0) is 4.79 Å². The summed E-state index contributed by atoms with van der Waals surface area (Å²) in [4.78, 5) is 12.6. The first-order chi connectivity index (χ1) is 13.2. The smallest absolute Gasteiger partial charge is 0.265 e. The number of carbonyl (C=O) groups excluding carboxylic acids is 1. The molecule has 0 aliphatic heterocycles. The molecule has 1 N–H and O–H groups in total. The van der Waals surface area contributed by atoms with E-state index in [-0.39, 0.29) is 5.91 Å². The molecule has 0 radical (unpaired) electrons. The van der Waals surface area contributed by atoms with Gasteiger partial charge in [0.15, 0.2) is 6.10 Å². The highest BCUT2D eigenvalue weighted by molar-refractivity contribution is 6.08. The van der Waals surface area contributed by atoms with Crippen LogP contribution in [0, 0.1) is 0 Å². The number of nitrogens with one attached hydrogen (secondary N) is 1. The molecule has 0 bridgehead atoms. The zero-order valence-electron chi connectivity index (χ0n) is 15.1. The highest BCUT2D eigenvalue weighted by Crippen LogP contribution is 2.36. The van der Waals surface area contributed by atoms with Crippen molar-refractivity contribution in [3.8, 4) is 11.5 Å². The highest BCUT2D eigenvalue weighted by atomic mass is 16.5. The monoisotopic (exact) mass is 361 g/mol. The minimum atomic E-state index is -0.663. The average molecular weight is 361 g/mol. The van der Waals surface area contributed by atoms with Gasteiger partial charge in [0.1, 0.15) is 22.7 Å². The van der Waals surface area contributed by atoms with Gasteiger partial charge >= 0.3 is 0 Å². The van der Waals surface area contributed by atoms with Gasteiger partial charge in [-0.3, -0.25) is 4.79 Å². The molecule has 4 aromatic rings. The first kappa shape index (κ1) is 17.0. The fraction of sp³-hybridized carbons (Fsp3) is 0.136. The Balaban J connectivity index is 1.62. The Bertz CT molecular complexity index is 1100. The van der Waals surface area contributed by atoms with Crippen LogP contribution in [0.3, 0.4) is 0 Å². The summed E-state index contributed by atoms with van der Waals surface area (Å²) in [6, 6.07) is 20.7. The van der Waals surface area contributed by atoms with E-state index in [1.165, 1.54) is 0 Å². The van der Waals surface area contributed by atoms with E-state index >= 15 is 0 Å². The minimum absolute atomic E-state index is 0.271. The molecule has 1 heterocycles. The largest absolute Gasteiger partial charge is 0.495 e. The van der Waals surface area contributed by atoms with Crippen molar-refractivity contribution >= 4 is 33.5 Å². The van der Waals surface area contributed by atoms with Crippen LogP contribution in [0.25, 0.3) is 21.9 Å². The van der Waals surface area contributed by atoms with Crippen LogP contribution in [0.4, 0.5) is 5.69 Å². The average Bonchev–Trinajstić information content (AvgIpc) is 3.05. The number of para-hydroxylation sites is 2. The van der Waals surface area contributed by atoms with Crippen molar-refractivity contribution in [1.29, 1.82) is 0 Å². The maximum atomic E-state index is 12.6. The summed E-state index contributed by atoms with van der Waals surface area (Å²) in [5.41, 5.74) is 2.01. The van der Waals surface area contributed by atoms with E-state index in [0.717, 1.165) is 16.4 Å². The molecular formula is C22H19NO4. The number of ether oxygens (including phenoxy) is 2. The lowest BCUT2D eigenvalue weighted by molar-refractivity contribution is -0.122. The maximum absolute atomic E-state index is 12.6. The number of benzene rings is 3. The second-order valence-electron chi connectivity index (χ2n) is 6.21. The van der Waals surface area contributed by atoms with E-state index in [2.05, 4.69) is 5.32 Å². The first-order valence-corrected chi connectivity index (χ1v) is 8.67. The Labute approximate surface area is 156 Å². The van der Waals surface area contributed by atoms with Crippen LogP contribution >= 0.6 is 0 Å². The van der Waals surface area contributed by atoms with Crippen LogP contribution in [0.15, 0.2) is 71.1 Å². The molecule has 4 rings (SSSR count). The molecule has 0 saturated carbocycles. The molecule has 0 saturated heterocycles. The molecule has 0 unspecified atom stereocenters. The number of carbonyl (C=O) groups is 1. The van der Waals surface area contributed by atoms with E-state index < -0.39 is 6.10 Å². The van der Waals surface area contributed by atoms with Crippen LogP contribution in [0.1, 0.15) is 6.92 Å². The molecule has 3 aromatic carbocycles. The van der Waals surface area contributed by atoms with E-state index in [0.29, 0.717) is 22.8 Å². The maximum Gasteiger partial charge on any atom is 0.265 e. The van der Waals surface area contributed by atoms with Gasteiger partial charge < -0.3 is 19.2 Å². The zero-order chi connectivity index (χ0) is 18.8. The second kappa shape index (κ2) is 7.03. The Morgan fingerprint density at radius 3 is 2.48 bits per heavy atom. The van der Waals surface area contributed by atoms with Gasteiger partial charge in [-0.05, 0) is 31.2 Å². The topological polar surface area (TPSA) is 60.7 Å². The van der Waals surface area contributed by atoms with Crippen LogP contribution in [0.2, 0.25) is 0 Å². The molecule has 0 fully saturated rings. The van der Waals surface area contributed by atoms with Gasteiger partial charge in [-0.2, -0.15) is 0 Å². The molecule has 27 heavy (non-hydrogen) atoms. The number of rotatable bonds is 5. The summed E-state index contributed by atoms with van der Waals surface area (Å²) in [7, 11) is 1.57. The highest BCUT2D eigenvalue weighted by Gasteiger charge is 2.18. The Morgan fingerprint density at radius 2 is 1.70 bits per heavy atom. The van der Waals surface area contributed by atoms with Gasteiger partial charge in [0, 0.05) is 16.8 Å². The summed E-state index contributed by atoms with van der Waals surface area (Å²) < 4.78 is 17.0. The Morgan fingerprint density at radius 1 is 0.963 bits per heavy atom. The van der Waals surface area contributed by atoms with Gasteiger partial charge in [-0.25, -0.2) is 0 Å². The van der Waals surface area contributed by atoms with Crippen molar-refractivity contribution in [2.24, 2.45) is 0 Å². The number of hydrogen-bond acceptors (Lipinski definition) is 4. The van der Waals surface area contributed by atoms with Gasteiger partial charge in [0.05, 0.1) is 12.8 Å². The zero-order valence-corrected chi connectivity index (χ0v) is 15.1. The van der Waals surface area contributed by atoms with E-state index in [1.54, 1.807) is 20.1 Å². The fourth-order valence-corrected chi connectivity index (χ4v) is 3.01. The van der Waals surface area contributed by atoms with Crippen molar-refractivity contribution in [3.05, 3.63) is 66.7 Å². The van der Waals surface area contributed by atoms with Gasteiger partial charge in [-0.15, -0.1) is 0 Å². The van der Waals surface area contributed by atoms with Crippen LogP contribution in [-0.4, -0.2) is 19.1 Å². The van der Waals surface area contributed by atoms with E-state index in [9.17, 15) is 4.79 Å².